The Bertz CT molecular complexity index is 558. The molecule has 4 nitrogen and oxygen atoms in total. The van der Waals surface area contributed by atoms with Gasteiger partial charge in [-0.2, -0.15) is 0 Å². The summed E-state index contributed by atoms with van der Waals surface area (Å²) in [7, 11) is -0.889. The highest BCUT2D eigenvalue weighted by Crippen LogP contribution is 2.10. The summed E-state index contributed by atoms with van der Waals surface area (Å²) in [5, 5.41) is 11.5. The van der Waals surface area contributed by atoms with Gasteiger partial charge in [0.25, 0.3) is 5.91 Å². The molecule has 0 fully saturated rings. The first-order valence-electron chi connectivity index (χ1n) is 6.42. The minimum absolute atomic E-state index is 0.236. The third-order valence-corrected chi connectivity index (χ3v) is 3.96. The van der Waals surface area contributed by atoms with Gasteiger partial charge in [0.1, 0.15) is 6.61 Å². The standard InChI is InChI=1S/C15H19NO3S/c1-3-20(19)10-8-16-15(18)14-7-6-12(2)11-13(14)5-4-9-17/h6-7,11,17H,3,8-10H2,1-2H3,(H,16,18). The van der Waals surface area contributed by atoms with Crippen molar-refractivity contribution in [1.82, 2.24) is 5.32 Å². The molecule has 0 aliphatic heterocycles. The van der Waals surface area contributed by atoms with Crippen LogP contribution in [-0.2, 0) is 10.8 Å². The first-order valence-corrected chi connectivity index (χ1v) is 7.90. The molecule has 1 amide bonds. The van der Waals surface area contributed by atoms with Crippen LogP contribution in [0.5, 0.6) is 0 Å². The van der Waals surface area contributed by atoms with E-state index in [1.165, 1.54) is 0 Å². The number of nitrogens with one attached hydrogen (secondary N) is 1. The molecule has 0 saturated carbocycles. The molecule has 0 heterocycles. The highest BCUT2D eigenvalue weighted by atomic mass is 32.2. The van der Waals surface area contributed by atoms with E-state index in [-0.39, 0.29) is 12.5 Å². The molecule has 1 aromatic carbocycles. The van der Waals surface area contributed by atoms with E-state index in [1.807, 2.05) is 26.0 Å². The van der Waals surface area contributed by atoms with Crippen molar-refractivity contribution < 1.29 is 14.1 Å². The molecule has 0 spiro atoms. The molecule has 108 valence electrons. The highest BCUT2D eigenvalue weighted by Gasteiger charge is 2.10. The number of hydrogen-bond donors (Lipinski definition) is 2. The number of benzene rings is 1. The van der Waals surface area contributed by atoms with Gasteiger partial charge in [-0.05, 0) is 24.6 Å². The minimum atomic E-state index is -0.889. The zero-order valence-corrected chi connectivity index (χ0v) is 12.5. The van der Waals surface area contributed by atoms with Gasteiger partial charge in [-0.15, -0.1) is 0 Å². The quantitative estimate of drug-likeness (QED) is 0.791. The maximum atomic E-state index is 12.1. The minimum Gasteiger partial charge on any atom is -0.384 e. The molecule has 2 N–H and O–H groups in total. The van der Waals surface area contributed by atoms with Gasteiger partial charge in [0.15, 0.2) is 0 Å². The molecule has 20 heavy (non-hydrogen) atoms. The fourth-order valence-electron chi connectivity index (χ4n) is 1.61. The SMILES string of the molecule is CCS(=O)CCNC(=O)c1ccc(C)cc1C#CCO. The van der Waals surface area contributed by atoms with Crippen molar-refractivity contribution in [2.45, 2.75) is 13.8 Å². The summed E-state index contributed by atoms with van der Waals surface area (Å²) >= 11 is 0. The lowest BCUT2D eigenvalue weighted by molar-refractivity contribution is 0.0956. The lowest BCUT2D eigenvalue weighted by Crippen LogP contribution is -2.28. The van der Waals surface area contributed by atoms with E-state index in [2.05, 4.69) is 17.2 Å². The second-order valence-electron chi connectivity index (χ2n) is 4.20. The Balaban J connectivity index is 2.79. The van der Waals surface area contributed by atoms with Crippen LogP contribution in [0.1, 0.15) is 28.4 Å². The Hall–Kier alpha value is -1.64. The average Bonchev–Trinajstić information content (AvgIpc) is 2.44. The third-order valence-electron chi connectivity index (χ3n) is 2.66. The van der Waals surface area contributed by atoms with Crippen molar-refractivity contribution in [3.8, 4) is 11.8 Å². The van der Waals surface area contributed by atoms with E-state index in [1.54, 1.807) is 6.07 Å². The van der Waals surface area contributed by atoms with Crippen molar-refractivity contribution in [3.05, 3.63) is 34.9 Å². The van der Waals surface area contributed by atoms with E-state index in [4.69, 9.17) is 5.11 Å². The number of aliphatic hydroxyl groups excluding tert-OH is 1. The second kappa shape index (κ2) is 8.51. The van der Waals surface area contributed by atoms with Crippen molar-refractivity contribution in [2.75, 3.05) is 24.7 Å². The van der Waals surface area contributed by atoms with Crippen molar-refractivity contribution in [1.29, 1.82) is 0 Å². The smallest absolute Gasteiger partial charge is 0.252 e. The molecule has 0 bridgehead atoms. The predicted molar refractivity (Wildman–Crippen MR) is 81.0 cm³/mol. The molecule has 0 saturated heterocycles. The second-order valence-corrected chi connectivity index (χ2v) is 6.06. The van der Waals surface area contributed by atoms with E-state index in [9.17, 15) is 9.00 Å². The van der Waals surface area contributed by atoms with Crippen LogP contribution in [0.3, 0.4) is 0 Å². The van der Waals surface area contributed by atoms with E-state index >= 15 is 0 Å². The van der Waals surface area contributed by atoms with Crippen LogP contribution in [-0.4, -0.2) is 39.9 Å². The lowest BCUT2D eigenvalue weighted by Gasteiger charge is -2.07. The summed E-state index contributed by atoms with van der Waals surface area (Å²) in [4.78, 5) is 12.1. The highest BCUT2D eigenvalue weighted by molar-refractivity contribution is 7.84. The lowest BCUT2D eigenvalue weighted by atomic mass is 10.0. The molecular formula is C15H19NO3S. The molecule has 0 aliphatic carbocycles. The van der Waals surface area contributed by atoms with Crippen LogP contribution in [0, 0.1) is 18.8 Å². The zero-order valence-electron chi connectivity index (χ0n) is 11.7. The molecule has 1 unspecified atom stereocenters. The topological polar surface area (TPSA) is 66.4 Å². The number of carbonyl (C=O) groups is 1. The van der Waals surface area contributed by atoms with E-state index in [0.717, 1.165) is 5.56 Å². The summed E-state index contributed by atoms with van der Waals surface area (Å²) in [6.07, 6.45) is 0. The summed E-state index contributed by atoms with van der Waals surface area (Å²) in [5.74, 6) is 6.13. The van der Waals surface area contributed by atoms with E-state index in [0.29, 0.717) is 29.2 Å². The van der Waals surface area contributed by atoms with Crippen molar-refractivity contribution in [3.63, 3.8) is 0 Å². The first kappa shape index (κ1) is 16.4. The van der Waals surface area contributed by atoms with Gasteiger partial charge in [0.2, 0.25) is 0 Å². The molecule has 0 aliphatic rings. The fraction of sp³-hybridized carbons (Fsp3) is 0.400. The molecule has 1 aromatic rings. The average molecular weight is 293 g/mol. The van der Waals surface area contributed by atoms with Crippen LogP contribution in [0.2, 0.25) is 0 Å². The molecule has 0 radical (unpaired) electrons. The van der Waals surface area contributed by atoms with Gasteiger partial charge >= 0.3 is 0 Å². The van der Waals surface area contributed by atoms with E-state index < -0.39 is 10.8 Å². The van der Waals surface area contributed by atoms with Gasteiger partial charge in [0, 0.05) is 34.4 Å². The van der Waals surface area contributed by atoms with Crippen LogP contribution in [0.25, 0.3) is 0 Å². The fourth-order valence-corrected chi connectivity index (χ4v) is 2.23. The number of aryl methyl sites for hydroxylation is 1. The first-order chi connectivity index (χ1) is 9.58. The Labute approximate surface area is 122 Å². The number of aliphatic hydroxyl groups is 1. The summed E-state index contributed by atoms with van der Waals surface area (Å²) in [6, 6.07) is 5.36. The normalized spacial score (nSPS) is 11.3. The van der Waals surface area contributed by atoms with Gasteiger partial charge in [-0.1, -0.05) is 24.8 Å². The predicted octanol–water partition coefficient (Wildman–Crippen LogP) is 0.837. The van der Waals surface area contributed by atoms with Gasteiger partial charge in [0.05, 0.1) is 5.56 Å². The molecule has 0 aromatic heterocycles. The Kier molecular flexibility index (Phi) is 6.99. The molecule has 1 atom stereocenters. The largest absolute Gasteiger partial charge is 0.384 e. The van der Waals surface area contributed by atoms with Gasteiger partial charge < -0.3 is 10.4 Å². The number of carbonyl (C=O) groups excluding carboxylic acids is 1. The van der Waals surface area contributed by atoms with Crippen molar-refractivity contribution in [2.24, 2.45) is 0 Å². The maximum Gasteiger partial charge on any atom is 0.252 e. The number of rotatable bonds is 5. The van der Waals surface area contributed by atoms with Crippen LogP contribution >= 0.6 is 0 Å². The summed E-state index contributed by atoms with van der Waals surface area (Å²) in [6.45, 7) is 3.89. The van der Waals surface area contributed by atoms with Crippen LogP contribution < -0.4 is 5.32 Å². The Morgan fingerprint density at radius 3 is 2.85 bits per heavy atom. The summed E-state index contributed by atoms with van der Waals surface area (Å²) < 4.78 is 11.3. The monoisotopic (exact) mass is 293 g/mol. The molecule has 5 heteroatoms. The summed E-state index contributed by atoms with van der Waals surface area (Å²) in [5.41, 5.74) is 2.06. The molecule has 1 rings (SSSR count). The third kappa shape index (κ3) is 5.16. The molecular weight excluding hydrogens is 274 g/mol. The van der Waals surface area contributed by atoms with Crippen LogP contribution in [0.4, 0.5) is 0 Å². The Morgan fingerprint density at radius 1 is 1.45 bits per heavy atom. The Morgan fingerprint density at radius 2 is 2.20 bits per heavy atom. The maximum absolute atomic E-state index is 12.1. The number of hydrogen-bond acceptors (Lipinski definition) is 3. The van der Waals surface area contributed by atoms with Gasteiger partial charge in [-0.3, -0.25) is 9.00 Å². The number of amides is 1. The van der Waals surface area contributed by atoms with Crippen LogP contribution in [0.15, 0.2) is 18.2 Å². The zero-order chi connectivity index (χ0) is 15.0. The van der Waals surface area contributed by atoms with Gasteiger partial charge in [-0.25, -0.2) is 0 Å². The van der Waals surface area contributed by atoms with Crippen molar-refractivity contribution >= 4 is 16.7 Å².